The summed E-state index contributed by atoms with van der Waals surface area (Å²) in [5.74, 6) is 0. The Morgan fingerprint density at radius 2 is 1.04 bits per heavy atom. The molecule has 14 heteroatoms. The van der Waals surface area contributed by atoms with Gasteiger partial charge in [-0.1, -0.05) is 19.5 Å². The van der Waals surface area contributed by atoms with Crippen LogP contribution in [0, 0.1) is 26.8 Å². The molecule has 0 aliphatic rings. The van der Waals surface area contributed by atoms with E-state index < -0.39 is 0 Å². The molecule has 0 aromatic heterocycles. The summed E-state index contributed by atoms with van der Waals surface area (Å²) in [5.41, 5.74) is 3.72. The normalized spacial score (nSPS) is 4.80. The van der Waals surface area contributed by atoms with E-state index >= 15 is 0 Å². The van der Waals surface area contributed by atoms with E-state index in [-0.39, 0.29) is 425 Å². The first-order valence-corrected chi connectivity index (χ1v) is 4.14. The number of hydrogen-bond donors (Lipinski definition) is 0. The minimum atomic E-state index is 0. The second-order valence-corrected chi connectivity index (χ2v) is 3.11. The van der Waals surface area contributed by atoms with Crippen molar-refractivity contribution in [1.82, 2.24) is 0 Å². The van der Waals surface area contributed by atoms with Gasteiger partial charge in [-0.3, -0.25) is 0 Å². The summed E-state index contributed by atoms with van der Waals surface area (Å²) in [7, 11) is 2.02. The largest absolute Gasteiger partial charge is 0.426 e. The molecule has 0 heterocycles. The molecule has 0 aliphatic heterocycles. The number of hydrogen-bond acceptors (Lipinski definition) is 1. The molecule has 0 N–H and O–H groups in total. The SMILES string of the molecule is [CH2-]CN(C)c1[c-]cc(C)c(C)c1.[Y].[Y].[Y].[Y].[Y].[Y].[Y].[Y].[Y].[Y].[Y].[Y].[Y]. The summed E-state index contributed by atoms with van der Waals surface area (Å²) in [6.45, 7) is 8.81. The third kappa shape index (κ3) is 44.6. The van der Waals surface area contributed by atoms with Gasteiger partial charge in [0, 0.05) is 432 Å². The van der Waals surface area contributed by atoms with Crippen molar-refractivity contribution in [3.8, 4) is 0 Å². The first-order chi connectivity index (χ1) is 5.65. The molecule has 0 saturated carbocycles. The number of nitrogens with zero attached hydrogens (tertiary/aromatic N) is 1. The summed E-state index contributed by atoms with van der Waals surface area (Å²) >= 11 is 0. The maximum absolute atomic E-state index is 3.82. The first kappa shape index (κ1) is 83.3. The second kappa shape index (κ2) is 57.3. The van der Waals surface area contributed by atoms with E-state index in [0.717, 1.165) is 12.2 Å². The Bertz CT molecular complexity index is 291. The van der Waals surface area contributed by atoms with E-state index in [9.17, 15) is 0 Å². The zero-order valence-electron chi connectivity index (χ0n) is 15.5. The van der Waals surface area contributed by atoms with Gasteiger partial charge >= 0.3 is 0 Å². The number of rotatable bonds is 2. The van der Waals surface area contributed by atoms with Crippen molar-refractivity contribution in [3.63, 3.8) is 0 Å². The van der Waals surface area contributed by atoms with Crippen molar-refractivity contribution in [2.45, 2.75) is 13.8 Å². The standard InChI is InChI=1S/C11H15N.13Y/c1-5-12(4)11-7-6-9(2)10(3)8-11;;;;;;;;;;;;;/h6,8H,1,5H2,2-4H3;;;;;;;;;;;;;/q-2;;;;;;;;;;;;;. The van der Waals surface area contributed by atoms with Crippen LogP contribution < -0.4 is 4.90 Å². The number of benzene rings is 1. The third-order valence-corrected chi connectivity index (χ3v) is 2.16. The molecule has 0 unspecified atom stereocenters. The number of anilines is 1. The van der Waals surface area contributed by atoms with Gasteiger partial charge in [-0.25, -0.2) is 0 Å². The van der Waals surface area contributed by atoms with Gasteiger partial charge in [-0.05, 0) is 0 Å². The Labute approximate surface area is 483 Å². The summed E-state index contributed by atoms with van der Waals surface area (Å²) in [6, 6.07) is 7.38. The molecule has 0 fully saturated rings. The molecule has 1 rings (SSSR count). The zero-order valence-corrected chi connectivity index (χ0v) is 52.4. The Hall–Kier alpha value is 13.4. The first-order valence-electron chi connectivity index (χ1n) is 4.14. The van der Waals surface area contributed by atoms with Gasteiger partial charge in [-0.2, -0.15) is 23.3 Å². The Balaban J connectivity index is -0.0000000101. The van der Waals surface area contributed by atoms with Crippen LogP contribution in [0.25, 0.3) is 0 Å². The molecule has 0 aliphatic carbocycles. The van der Waals surface area contributed by atoms with Crippen molar-refractivity contribution in [1.29, 1.82) is 0 Å². The van der Waals surface area contributed by atoms with Crippen LogP contribution in [-0.2, 0) is 425 Å². The van der Waals surface area contributed by atoms with E-state index in [4.69, 9.17) is 0 Å². The van der Waals surface area contributed by atoms with Gasteiger partial charge in [0.15, 0.2) is 0 Å². The van der Waals surface area contributed by atoms with Crippen molar-refractivity contribution in [2.75, 3.05) is 18.5 Å². The zero-order chi connectivity index (χ0) is 9.14. The molecule has 0 saturated heterocycles. The van der Waals surface area contributed by atoms with Crippen LogP contribution in [-0.4, -0.2) is 13.6 Å². The summed E-state index contributed by atoms with van der Waals surface area (Å²) < 4.78 is 0. The summed E-state index contributed by atoms with van der Waals surface area (Å²) in [6.07, 6.45) is 0. The fourth-order valence-electron chi connectivity index (χ4n) is 0.997. The van der Waals surface area contributed by atoms with Crippen LogP contribution in [0.15, 0.2) is 12.1 Å². The molecule has 0 amide bonds. The molecule has 25 heavy (non-hydrogen) atoms. The predicted molar refractivity (Wildman–Crippen MR) is 53.4 cm³/mol. The van der Waals surface area contributed by atoms with Gasteiger partial charge in [0.1, 0.15) is 0 Å². The van der Waals surface area contributed by atoms with Crippen molar-refractivity contribution in [2.24, 2.45) is 0 Å². The van der Waals surface area contributed by atoms with Gasteiger partial charge < -0.3 is 11.8 Å². The Morgan fingerprint density at radius 3 is 1.28 bits per heavy atom. The maximum Gasteiger partial charge on any atom is 0.00125 e. The molecular weight excluding hydrogens is 1300 g/mol. The molecule has 1 aromatic carbocycles. The van der Waals surface area contributed by atoms with Gasteiger partial charge in [0.05, 0.1) is 0 Å². The Kier molecular flexibility index (Phi) is 191. The van der Waals surface area contributed by atoms with Gasteiger partial charge in [0.25, 0.3) is 0 Å². The van der Waals surface area contributed by atoms with Crippen LogP contribution in [0.3, 0.4) is 0 Å². The van der Waals surface area contributed by atoms with Crippen LogP contribution in [0.2, 0.25) is 0 Å². The van der Waals surface area contributed by atoms with Crippen LogP contribution >= 0.6 is 0 Å². The molecule has 13 radical (unpaired) electrons. The van der Waals surface area contributed by atoms with Crippen molar-refractivity contribution >= 4 is 5.69 Å². The van der Waals surface area contributed by atoms with Crippen molar-refractivity contribution in [3.05, 3.63) is 36.2 Å². The van der Waals surface area contributed by atoms with E-state index in [0.29, 0.717) is 0 Å². The topological polar surface area (TPSA) is 3.24 Å². The monoisotopic (exact) mass is 1320 g/mol. The third-order valence-electron chi connectivity index (χ3n) is 2.16. The fraction of sp³-hybridized carbons (Fsp3) is 0.364. The molecule has 1 aromatic rings. The van der Waals surface area contributed by atoms with E-state index in [1.165, 1.54) is 11.1 Å². The van der Waals surface area contributed by atoms with E-state index in [2.05, 4.69) is 37.8 Å². The second-order valence-electron chi connectivity index (χ2n) is 3.11. The Morgan fingerprint density at radius 1 is 0.720 bits per heavy atom. The summed E-state index contributed by atoms with van der Waals surface area (Å²) in [4.78, 5) is 2.08. The number of aryl methyl sites for hydroxylation is 2. The molecule has 105 valence electrons. The minimum Gasteiger partial charge on any atom is -0.426 e. The average molecular weight is 1320 g/mol. The van der Waals surface area contributed by atoms with Crippen LogP contribution in [0.5, 0.6) is 0 Å². The fourth-order valence-corrected chi connectivity index (χ4v) is 0.997. The molecule has 0 atom stereocenters. The summed E-state index contributed by atoms with van der Waals surface area (Å²) in [5, 5.41) is 0. The molecule has 1 nitrogen and oxygen atoms in total. The van der Waals surface area contributed by atoms with E-state index in [1.54, 1.807) is 0 Å². The quantitative estimate of drug-likeness (QED) is 0.412. The average Bonchev–Trinajstić information content (AvgIpc) is 2.08. The predicted octanol–water partition coefficient (Wildman–Crippen LogP) is 2.34. The molecular formula is C11H15NY13-2. The van der Waals surface area contributed by atoms with E-state index in [1.807, 2.05) is 13.1 Å². The van der Waals surface area contributed by atoms with Crippen LogP contribution in [0.1, 0.15) is 11.1 Å². The maximum atomic E-state index is 3.82. The molecule has 0 spiro atoms. The van der Waals surface area contributed by atoms with Crippen LogP contribution in [0.4, 0.5) is 5.69 Å². The van der Waals surface area contributed by atoms with Gasteiger partial charge in [-0.15, -0.1) is 12.6 Å². The molecule has 0 bridgehead atoms. The van der Waals surface area contributed by atoms with Crippen molar-refractivity contribution < 1.29 is 425 Å². The van der Waals surface area contributed by atoms with Gasteiger partial charge in [0.2, 0.25) is 0 Å². The smallest absolute Gasteiger partial charge is 0.00125 e. The minimum absolute atomic E-state index is 0.